The van der Waals surface area contributed by atoms with Gasteiger partial charge < -0.3 is 14.1 Å². The summed E-state index contributed by atoms with van der Waals surface area (Å²) in [6, 6.07) is 13.6. The largest absolute Gasteiger partial charge is 0.484 e. The molecule has 2 heterocycles. The minimum atomic E-state index is -0.0325. The monoisotopic (exact) mass is 322 g/mol. The third kappa shape index (κ3) is 2.62. The first-order valence-corrected chi connectivity index (χ1v) is 8.08. The van der Waals surface area contributed by atoms with E-state index < -0.39 is 0 Å². The zero-order chi connectivity index (χ0) is 16.5. The Morgan fingerprint density at radius 3 is 3.12 bits per heavy atom. The Kier molecular flexibility index (Phi) is 3.69. The van der Waals surface area contributed by atoms with Gasteiger partial charge in [0, 0.05) is 17.8 Å². The molecular weight excluding hydrogens is 304 g/mol. The fourth-order valence-electron chi connectivity index (χ4n) is 3.21. The Hall–Kier alpha value is -2.82. The molecule has 122 valence electrons. The van der Waals surface area contributed by atoms with Crippen molar-refractivity contribution in [3.05, 3.63) is 54.4 Å². The smallest absolute Gasteiger partial charge is 0.265 e. The molecule has 4 rings (SSSR count). The average molecular weight is 322 g/mol. The van der Waals surface area contributed by atoms with Crippen molar-refractivity contribution in [1.29, 1.82) is 0 Å². The molecule has 2 aromatic carbocycles. The SMILES string of the molecule is C[C@H]1CCc2ccccc2N1C(=O)COc1ccc2ocnc2c1. The van der Waals surface area contributed by atoms with Gasteiger partial charge >= 0.3 is 0 Å². The summed E-state index contributed by atoms with van der Waals surface area (Å²) < 4.78 is 10.9. The number of fused-ring (bicyclic) bond motifs is 2. The minimum absolute atomic E-state index is 0.00202. The number of rotatable bonds is 3. The summed E-state index contributed by atoms with van der Waals surface area (Å²) in [5.74, 6) is 0.581. The van der Waals surface area contributed by atoms with Crippen molar-refractivity contribution in [2.45, 2.75) is 25.8 Å². The van der Waals surface area contributed by atoms with Crippen LogP contribution in [0.2, 0.25) is 0 Å². The lowest BCUT2D eigenvalue weighted by atomic mass is 9.96. The molecule has 0 saturated heterocycles. The number of oxazole rings is 1. The number of para-hydroxylation sites is 1. The first-order valence-electron chi connectivity index (χ1n) is 8.08. The maximum absolute atomic E-state index is 12.7. The normalized spacial score (nSPS) is 16.9. The van der Waals surface area contributed by atoms with E-state index in [-0.39, 0.29) is 18.6 Å². The number of carbonyl (C=O) groups is 1. The Morgan fingerprint density at radius 1 is 1.33 bits per heavy atom. The standard InChI is InChI=1S/C19H18N2O3/c1-13-6-7-14-4-2-3-5-17(14)21(13)19(22)11-23-15-8-9-18-16(10-15)20-12-24-18/h2-5,8-10,12-13H,6-7,11H2,1H3/t13-/m0/s1. The van der Waals surface area contributed by atoms with Crippen molar-refractivity contribution in [3.63, 3.8) is 0 Å². The van der Waals surface area contributed by atoms with Gasteiger partial charge in [-0.05, 0) is 43.5 Å². The van der Waals surface area contributed by atoms with Crippen LogP contribution in [0.5, 0.6) is 5.75 Å². The number of carbonyl (C=O) groups excluding carboxylic acids is 1. The van der Waals surface area contributed by atoms with Crippen molar-refractivity contribution in [3.8, 4) is 5.75 Å². The first kappa shape index (κ1) is 14.8. The number of ether oxygens (including phenoxy) is 1. The van der Waals surface area contributed by atoms with E-state index in [0.717, 1.165) is 24.0 Å². The minimum Gasteiger partial charge on any atom is -0.484 e. The fraction of sp³-hybridized carbons (Fsp3) is 0.263. The Balaban J connectivity index is 1.51. The lowest BCUT2D eigenvalue weighted by molar-refractivity contribution is -0.121. The van der Waals surface area contributed by atoms with Crippen molar-refractivity contribution in [1.82, 2.24) is 4.98 Å². The Morgan fingerprint density at radius 2 is 2.21 bits per heavy atom. The highest BCUT2D eigenvalue weighted by atomic mass is 16.5. The van der Waals surface area contributed by atoms with Gasteiger partial charge in [-0.25, -0.2) is 4.98 Å². The molecule has 0 spiro atoms. The van der Waals surface area contributed by atoms with E-state index in [1.807, 2.05) is 23.1 Å². The maximum Gasteiger partial charge on any atom is 0.265 e. The van der Waals surface area contributed by atoms with Crippen LogP contribution < -0.4 is 9.64 Å². The molecular formula is C19H18N2O3. The molecule has 0 saturated carbocycles. The van der Waals surface area contributed by atoms with E-state index in [1.54, 1.807) is 18.2 Å². The van der Waals surface area contributed by atoms with Gasteiger partial charge in [-0.3, -0.25) is 4.79 Å². The highest BCUT2D eigenvalue weighted by Crippen LogP contribution is 2.30. The fourth-order valence-corrected chi connectivity index (χ4v) is 3.21. The molecule has 0 radical (unpaired) electrons. The van der Waals surface area contributed by atoms with Crippen LogP contribution in [0, 0.1) is 0 Å². The van der Waals surface area contributed by atoms with Gasteiger partial charge in [-0.2, -0.15) is 0 Å². The van der Waals surface area contributed by atoms with Crippen LogP contribution in [-0.4, -0.2) is 23.5 Å². The molecule has 1 aliphatic heterocycles. The second kappa shape index (κ2) is 6.00. The molecule has 3 aromatic rings. The molecule has 0 fully saturated rings. The zero-order valence-electron chi connectivity index (χ0n) is 13.4. The summed E-state index contributed by atoms with van der Waals surface area (Å²) in [7, 11) is 0. The number of hydrogen-bond acceptors (Lipinski definition) is 4. The summed E-state index contributed by atoms with van der Waals surface area (Å²) >= 11 is 0. The predicted molar refractivity (Wildman–Crippen MR) is 91.2 cm³/mol. The van der Waals surface area contributed by atoms with Crippen LogP contribution in [0.25, 0.3) is 11.1 Å². The number of hydrogen-bond donors (Lipinski definition) is 0. The molecule has 24 heavy (non-hydrogen) atoms. The van der Waals surface area contributed by atoms with E-state index in [4.69, 9.17) is 9.15 Å². The lowest BCUT2D eigenvalue weighted by Crippen LogP contribution is -2.44. The van der Waals surface area contributed by atoms with Crippen LogP contribution in [0.1, 0.15) is 18.9 Å². The van der Waals surface area contributed by atoms with Gasteiger partial charge in [0.05, 0.1) is 0 Å². The van der Waals surface area contributed by atoms with Crippen LogP contribution in [0.15, 0.2) is 53.3 Å². The van der Waals surface area contributed by atoms with Gasteiger partial charge in [-0.1, -0.05) is 18.2 Å². The van der Waals surface area contributed by atoms with E-state index in [1.165, 1.54) is 12.0 Å². The third-order valence-corrected chi connectivity index (χ3v) is 4.46. The summed E-state index contributed by atoms with van der Waals surface area (Å²) in [6.07, 6.45) is 3.37. The van der Waals surface area contributed by atoms with Crippen LogP contribution in [0.4, 0.5) is 5.69 Å². The average Bonchev–Trinajstić information content (AvgIpc) is 3.07. The molecule has 1 aromatic heterocycles. The Bertz CT molecular complexity index is 887. The first-order chi connectivity index (χ1) is 11.7. The molecule has 1 atom stereocenters. The summed E-state index contributed by atoms with van der Waals surface area (Å²) in [6.45, 7) is 2.08. The summed E-state index contributed by atoms with van der Waals surface area (Å²) in [5.41, 5.74) is 3.63. The predicted octanol–water partition coefficient (Wildman–Crippen LogP) is 3.57. The molecule has 5 nitrogen and oxygen atoms in total. The molecule has 0 N–H and O–H groups in total. The topological polar surface area (TPSA) is 55.6 Å². The Labute approximate surface area is 139 Å². The van der Waals surface area contributed by atoms with Crippen LogP contribution >= 0.6 is 0 Å². The third-order valence-electron chi connectivity index (χ3n) is 4.46. The maximum atomic E-state index is 12.7. The molecule has 0 unspecified atom stereocenters. The van der Waals surface area contributed by atoms with Crippen molar-refractivity contribution in [2.75, 3.05) is 11.5 Å². The van der Waals surface area contributed by atoms with Crippen molar-refractivity contribution < 1.29 is 13.9 Å². The number of aryl methyl sites for hydroxylation is 1. The second-order valence-corrected chi connectivity index (χ2v) is 6.05. The number of aromatic nitrogens is 1. The van der Waals surface area contributed by atoms with E-state index in [2.05, 4.69) is 18.0 Å². The molecule has 0 aliphatic carbocycles. The molecule has 5 heteroatoms. The van der Waals surface area contributed by atoms with E-state index in [0.29, 0.717) is 11.3 Å². The van der Waals surface area contributed by atoms with Gasteiger partial charge in [0.2, 0.25) is 0 Å². The van der Waals surface area contributed by atoms with Crippen LogP contribution in [-0.2, 0) is 11.2 Å². The summed E-state index contributed by atoms with van der Waals surface area (Å²) in [4.78, 5) is 18.7. The van der Waals surface area contributed by atoms with E-state index >= 15 is 0 Å². The highest BCUT2D eigenvalue weighted by molar-refractivity contribution is 5.96. The van der Waals surface area contributed by atoms with Crippen molar-refractivity contribution in [2.24, 2.45) is 0 Å². The molecule has 1 amide bonds. The van der Waals surface area contributed by atoms with E-state index in [9.17, 15) is 4.79 Å². The number of anilines is 1. The van der Waals surface area contributed by atoms with Crippen LogP contribution in [0.3, 0.4) is 0 Å². The van der Waals surface area contributed by atoms with Gasteiger partial charge in [0.25, 0.3) is 5.91 Å². The summed E-state index contributed by atoms with van der Waals surface area (Å²) in [5, 5.41) is 0. The number of nitrogens with zero attached hydrogens (tertiary/aromatic N) is 2. The quantitative estimate of drug-likeness (QED) is 0.739. The molecule has 0 bridgehead atoms. The van der Waals surface area contributed by atoms with Crippen molar-refractivity contribution >= 4 is 22.7 Å². The van der Waals surface area contributed by atoms with Gasteiger partial charge in [0.1, 0.15) is 11.3 Å². The second-order valence-electron chi connectivity index (χ2n) is 6.05. The highest BCUT2D eigenvalue weighted by Gasteiger charge is 2.28. The molecule has 1 aliphatic rings. The lowest BCUT2D eigenvalue weighted by Gasteiger charge is -2.35. The number of amides is 1. The number of benzene rings is 2. The zero-order valence-corrected chi connectivity index (χ0v) is 13.4. The van der Waals surface area contributed by atoms with Gasteiger partial charge in [-0.15, -0.1) is 0 Å². The van der Waals surface area contributed by atoms with Gasteiger partial charge in [0.15, 0.2) is 18.6 Å².